The fourth-order valence-corrected chi connectivity index (χ4v) is 0.676. The maximum absolute atomic E-state index is 5.66. The minimum Gasteiger partial charge on any atom is -0.326 e. The highest BCUT2D eigenvalue weighted by Gasteiger charge is 1.99. The number of nitrogens with two attached hydrogens (primary N) is 1. The Bertz CT molecular complexity index is 170. The van der Waals surface area contributed by atoms with Crippen LogP contribution in [0.15, 0.2) is 12.4 Å². The van der Waals surface area contributed by atoms with Gasteiger partial charge in [-0.3, -0.25) is 0 Å². The van der Waals surface area contributed by atoms with E-state index in [0.29, 0.717) is 6.54 Å². The third kappa shape index (κ3) is 1.80. The molecular formula is C6H12N4. The Morgan fingerprint density at radius 1 is 1.50 bits per heavy atom. The van der Waals surface area contributed by atoms with Gasteiger partial charge in [-0.25, -0.2) is 0 Å². The second-order valence-corrected chi connectivity index (χ2v) is 2.25. The Balaban J connectivity index is 2.40. The fraction of sp³-hybridized carbons (Fsp3) is 0.667. The van der Waals surface area contributed by atoms with Crippen molar-refractivity contribution in [1.29, 1.82) is 0 Å². The van der Waals surface area contributed by atoms with Gasteiger partial charge < -0.3 is 5.73 Å². The Morgan fingerprint density at radius 2 is 2.10 bits per heavy atom. The van der Waals surface area contributed by atoms with Gasteiger partial charge in [-0.05, 0) is 6.42 Å². The number of hydrogen-bond donors (Lipinski definition) is 1. The topological polar surface area (TPSA) is 56.7 Å². The van der Waals surface area contributed by atoms with Crippen LogP contribution in [0.3, 0.4) is 0 Å². The van der Waals surface area contributed by atoms with Gasteiger partial charge in [-0.15, -0.1) is 0 Å². The zero-order valence-electron chi connectivity index (χ0n) is 6.07. The molecule has 0 aliphatic heterocycles. The highest BCUT2D eigenvalue weighted by Crippen LogP contribution is 1.88. The fourth-order valence-electron chi connectivity index (χ4n) is 0.676. The minimum absolute atomic E-state index is 0.174. The molecule has 1 heterocycles. The van der Waals surface area contributed by atoms with E-state index in [9.17, 15) is 0 Å². The molecule has 0 aromatic carbocycles. The highest BCUT2D eigenvalue weighted by molar-refractivity contribution is 4.63. The lowest BCUT2D eigenvalue weighted by atomic mass is 10.2. The summed E-state index contributed by atoms with van der Waals surface area (Å²) in [6.45, 7) is 2.76. The van der Waals surface area contributed by atoms with Gasteiger partial charge in [0.1, 0.15) is 0 Å². The van der Waals surface area contributed by atoms with Gasteiger partial charge in [0.2, 0.25) is 0 Å². The summed E-state index contributed by atoms with van der Waals surface area (Å²) in [5.74, 6) is 0. The van der Waals surface area contributed by atoms with Crippen molar-refractivity contribution in [3.05, 3.63) is 12.4 Å². The van der Waals surface area contributed by atoms with E-state index in [-0.39, 0.29) is 6.04 Å². The molecule has 0 unspecified atom stereocenters. The summed E-state index contributed by atoms with van der Waals surface area (Å²) < 4.78 is 0. The van der Waals surface area contributed by atoms with Gasteiger partial charge in [0.05, 0.1) is 18.9 Å². The van der Waals surface area contributed by atoms with E-state index in [1.54, 1.807) is 17.2 Å². The van der Waals surface area contributed by atoms with Crippen molar-refractivity contribution in [1.82, 2.24) is 15.0 Å². The van der Waals surface area contributed by atoms with Crippen LogP contribution in [0.5, 0.6) is 0 Å². The SMILES string of the molecule is CC[C@@H](N)Cn1nccn1. The molecule has 1 rings (SSSR count). The molecule has 0 amide bonds. The van der Waals surface area contributed by atoms with E-state index in [4.69, 9.17) is 5.73 Å². The Kier molecular flexibility index (Phi) is 2.39. The zero-order valence-corrected chi connectivity index (χ0v) is 6.07. The van der Waals surface area contributed by atoms with Crippen LogP contribution >= 0.6 is 0 Å². The lowest BCUT2D eigenvalue weighted by Crippen LogP contribution is -2.26. The Labute approximate surface area is 60.0 Å². The smallest absolute Gasteiger partial charge is 0.0758 e. The lowest BCUT2D eigenvalue weighted by Gasteiger charge is -2.05. The second kappa shape index (κ2) is 3.31. The first-order valence-electron chi connectivity index (χ1n) is 3.42. The molecule has 4 nitrogen and oxygen atoms in total. The van der Waals surface area contributed by atoms with Crippen molar-refractivity contribution in [3.63, 3.8) is 0 Å². The first-order valence-corrected chi connectivity index (χ1v) is 3.42. The summed E-state index contributed by atoms with van der Waals surface area (Å²) in [7, 11) is 0. The predicted molar refractivity (Wildman–Crippen MR) is 38.3 cm³/mol. The molecule has 0 radical (unpaired) electrons. The monoisotopic (exact) mass is 140 g/mol. The Hall–Kier alpha value is -0.900. The van der Waals surface area contributed by atoms with Gasteiger partial charge in [-0.2, -0.15) is 15.0 Å². The van der Waals surface area contributed by atoms with E-state index in [0.717, 1.165) is 6.42 Å². The summed E-state index contributed by atoms with van der Waals surface area (Å²) in [6, 6.07) is 0.174. The summed E-state index contributed by atoms with van der Waals surface area (Å²) in [4.78, 5) is 1.61. The lowest BCUT2D eigenvalue weighted by molar-refractivity contribution is 0.455. The van der Waals surface area contributed by atoms with E-state index < -0.39 is 0 Å². The molecule has 0 saturated heterocycles. The van der Waals surface area contributed by atoms with Crippen LogP contribution in [-0.4, -0.2) is 21.0 Å². The third-order valence-electron chi connectivity index (χ3n) is 1.39. The largest absolute Gasteiger partial charge is 0.326 e. The number of hydrogen-bond acceptors (Lipinski definition) is 3. The van der Waals surface area contributed by atoms with Crippen molar-refractivity contribution < 1.29 is 0 Å². The van der Waals surface area contributed by atoms with Crippen molar-refractivity contribution >= 4 is 0 Å². The summed E-state index contributed by atoms with van der Waals surface area (Å²) in [5.41, 5.74) is 5.66. The quantitative estimate of drug-likeness (QED) is 0.643. The van der Waals surface area contributed by atoms with Crippen molar-refractivity contribution in [3.8, 4) is 0 Å². The minimum atomic E-state index is 0.174. The molecule has 0 aliphatic carbocycles. The van der Waals surface area contributed by atoms with Crippen LogP contribution in [-0.2, 0) is 6.54 Å². The molecule has 1 aromatic heterocycles. The molecule has 56 valence electrons. The van der Waals surface area contributed by atoms with E-state index in [2.05, 4.69) is 10.2 Å². The van der Waals surface area contributed by atoms with Crippen LogP contribution < -0.4 is 5.73 Å². The van der Waals surface area contributed by atoms with Crippen molar-refractivity contribution in [2.75, 3.05) is 0 Å². The molecule has 2 N–H and O–H groups in total. The van der Waals surface area contributed by atoms with Crippen LogP contribution in [0.25, 0.3) is 0 Å². The standard InChI is InChI=1S/C6H12N4/c1-2-6(7)5-10-8-3-4-9-10/h3-4,6H,2,5,7H2,1H3/t6-/m1/s1. The molecule has 4 heteroatoms. The molecule has 0 bridgehead atoms. The molecule has 0 fully saturated rings. The van der Waals surface area contributed by atoms with E-state index in [1.807, 2.05) is 6.92 Å². The first-order chi connectivity index (χ1) is 4.83. The Morgan fingerprint density at radius 3 is 2.60 bits per heavy atom. The normalized spacial score (nSPS) is 13.4. The number of nitrogens with zero attached hydrogens (tertiary/aromatic N) is 3. The van der Waals surface area contributed by atoms with Crippen LogP contribution in [0, 0.1) is 0 Å². The summed E-state index contributed by atoms with van der Waals surface area (Å²) in [6.07, 6.45) is 4.27. The second-order valence-electron chi connectivity index (χ2n) is 2.25. The molecule has 1 atom stereocenters. The maximum Gasteiger partial charge on any atom is 0.0758 e. The van der Waals surface area contributed by atoms with Crippen LogP contribution in [0.4, 0.5) is 0 Å². The average Bonchev–Trinajstić information content (AvgIpc) is 2.40. The molecular weight excluding hydrogens is 128 g/mol. The van der Waals surface area contributed by atoms with E-state index >= 15 is 0 Å². The average molecular weight is 140 g/mol. The molecule has 0 spiro atoms. The van der Waals surface area contributed by atoms with Crippen LogP contribution in [0.2, 0.25) is 0 Å². The maximum atomic E-state index is 5.66. The zero-order chi connectivity index (χ0) is 7.40. The molecule has 10 heavy (non-hydrogen) atoms. The summed E-state index contributed by atoms with van der Waals surface area (Å²) in [5, 5.41) is 7.86. The predicted octanol–water partition coefficient (Wildman–Crippen LogP) is 0.0154. The molecule has 0 aliphatic rings. The molecule has 1 aromatic rings. The van der Waals surface area contributed by atoms with Gasteiger partial charge in [0.15, 0.2) is 0 Å². The first kappa shape index (κ1) is 7.21. The van der Waals surface area contributed by atoms with Crippen molar-refractivity contribution in [2.24, 2.45) is 5.73 Å². The summed E-state index contributed by atoms with van der Waals surface area (Å²) >= 11 is 0. The number of aromatic nitrogens is 3. The van der Waals surface area contributed by atoms with Gasteiger partial charge in [0.25, 0.3) is 0 Å². The highest BCUT2D eigenvalue weighted by atomic mass is 15.5. The van der Waals surface area contributed by atoms with Gasteiger partial charge in [0, 0.05) is 6.04 Å². The molecule has 0 saturated carbocycles. The number of rotatable bonds is 3. The van der Waals surface area contributed by atoms with Crippen LogP contribution in [0.1, 0.15) is 13.3 Å². The van der Waals surface area contributed by atoms with Gasteiger partial charge in [-0.1, -0.05) is 6.92 Å². The third-order valence-corrected chi connectivity index (χ3v) is 1.39. The van der Waals surface area contributed by atoms with Crippen molar-refractivity contribution in [2.45, 2.75) is 25.9 Å². The van der Waals surface area contributed by atoms with Gasteiger partial charge >= 0.3 is 0 Å². The van der Waals surface area contributed by atoms with E-state index in [1.165, 1.54) is 0 Å².